The zero-order chi connectivity index (χ0) is 15.8. The highest BCUT2D eigenvalue weighted by Crippen LogP contribution is 2.26. The van der Waals surface area contributed by atoms with Gasteiger partial charge in [0.2, 0.25) is 0 Å². The van der Waals surface area contributed by atoms with Crippen LogP contribution in [0.2, 0.25) is 0 Å². The van der Waals surface area contributed by atoms with Gasteiger partial charge in [0.1, 0.15) is 11.5 Å². The lowest BCUT2D eigenvalue weighted by molar-refractivity contribution is 0.213. The maximum atomic E-state index is 5.88. The number of aliphatic imine (C=N–C) groups is 1. The largest absolute Gasteiger partial charge is 0.465 e. The summed E-state index contributed by atoms with van der Waals surface area (Å²) in [5, 5.41) is 6.78. The number of rotatable bonds is 7. The van der Waals surface area contributed by atoms with E-state index in [2.05, 4.69) is 32.8 Å². The molecule has 132 valence electrons. The monoisotopic (exact) mass is 452 g/mol. The molecular formula is C16H29IN4OS. The number of aryl methyl sites for hydroxylation is 1. The van der Waals surface area contributed by atoms with E-state index in [1.165, 1.54) is 12.8 Å². The standard InChI is InChI=1S/C16H28N4OS.HI/c1-13-6-7-15(21-13)14(20-9-4-5-10-20)12-19-16(17-2)18-8-11-22-3;/h6-7,14H,4-5,8-12H2,1-3H3,(H2,17,18,19);1H. The molecule has 7 heteroatoms. The van der Waals surface area contributed by atoms with Gasteiger partial charge in [-0.15, -0.1) is 24.0 Å². The maximum Gasteiger partial charge on any atom is 0.191 e. The van der Waals surface area contributed by atoms with E-state index in [4.69, 9.17) is 4.42 Å². The number of nitrogens with zero attached hydrogens (tertiary/aromatic N) is 2. The first-order valence-corrected chi connectivity index (χ1v) is 9.38. The fourth-order valence-corrected chi connectivity index (χ4v) is 3.09. The fraction of sp³-hybridized carbons (Fsp3) is 0.688. The number of furan rings is 1. The van der Waals surface area contributed by atoms with Crippen LogP contribution < -0.4 is 10.6 Å². The van der Waals surface area contributed by atoms with Crippen molar-refractivity contribution >= 4 is 41.7 Å². The molecule has 2 N–H and O–H groups in total. The topological polar surface area (TPSA) is 52.8 Å². The molecule has 1 aliphatic rings. The second kappa shape index (κ2) is 11.2. The first kappa shape index (κ1) is 20.6. The molecule has 0 radical (unpaired) electrons. The zero-order valence-corrected chi connectivity index (χ0v) is 17.4. The van der Waals surface area contributed by atoms with Crippen LogP contribution in [0.4, 0.5) is 0 Å². The predicted molar refractivity (Wildman–Crippen MR) is 110 cm³/mol. The Morgan fingerprint density at radius 1 is 1.35 bits per heavy atom. The van der Waals surface area contributed by atoms with Crippen LogP contribution in [0.3, 0.4) is 0 Å². The van der Waals surface area contributed by atoms with Crippen molar-refractivity contribution in [1.82, 2.24) is 15.5 Å². The Balaban J connectivity index is 0.00000264. The Morgan fingerprint density at radius 3 is 2.65 bits per heavy atom. The second-order valence-corrected chi connectivity index (χ2v) is 6.57. The van der Waals surface area contributed by atoms with E-state index >= 15 is 0 Å². The van der Waals surface area contributed by atoms with Crippen molar-refractivity contribution in [1.29, 1.82) is 0 Å². The summed E-state index contributed by atoms with van der Waals surface area (Å²) in [6, 6.07) is 4.42. The van der Waals surface area contributed by atoms with E-state index in [0.717, 1.165) is 49.4 Å². The third-order valence-corrected chi connectivity index (χ3v) is 4.57. The van der Waals surface area contributed by atoms with Gasteiger partial charge in [0.05, 0.1) is 6.04 Å². The van der Waals surface area contributed by atoms with Gasteiger partial charge < -0.3 is 15.1 Å². The summed E-state index contributed by atoms with van der Waals surface area (Å²) in [4.78, 5) is 6.79. The van der Waals surface area contributed by atoms with Crippen molar-refractivity contribution in [2.24, 2.45) is 4.99 Å². The van der Waals surface area contributed by atoms with Crippen LogP contribution in [0.1, 0.15) is 30.4 Å². The van der Waals surface area contributed by atoms with E-state index < -0.39 is 0 Å². The molecule has 1 atom stereocenters. The molecule has 1 unspecified atom stereocenters. The molecule has 0 spiro atoms. The molecule has 1 fully saturated rings. The second-order valence-electron chi connectivity index (χ2n) is 5.58. The Morgan fingerprint density at radius 2 is 2.09 bits per heavy atom. The molecule has 2 rings (SSSR count). The van der Waals surface area contributed by atoms with E-state index in [9.17, 15) is 0 Å². The minimum atomic E-state index is 0. The Labute approximate surface area is 161 Å². The van der Waals surface area contributed by atoms with Gasteiger partial charge in [-0.1, -0.05) is 0 Å². The molecule has 0 aromatic carbocycles. The summed E-state index contributed by atoms with van der Waals surface area (Å²) in [7, 11) is 1.82. The van der Waals surface area contributed by atoms with E-state index in [1.54, 1.807) is 0 Å². The van der Waals surface area contributed by atoms with Crippen molar-refractivity contribution in [3.8, 4) is 0 Å². The highest BCUT2D eigenvalue weighted by atomic mass is 127. The summed E-state index contributed by atoms with van der Waals surface area (Å²) >= 11 is 1.83. The minimum absolute atomic E-state index is 0. The van der Waals surface area contributed by atoms with Crippen molar-refractivity contribution in [2.75, 3.05) is 45.2 Å². The van der Waals surface area contributed by atoms with Crippen LogP contribution in [-0.4, -0.2) is 56.1 Å². The van der Waals surface area contributed by atoms with Gasteiger partial charge in [-0.3, -0.25) is 9.89 Å². The predicted octanol–water partition coefficient (Wildman–Crippen LogP) is 2.87. The fourth-order valence-electron chi connectivity index (χ4n) is 2.78. The molecule has 0 amide bonds. The number of halogens is 1. The summed E-state index contributed by atoms with van der Waals surface area (Å²) in [5.41, 5.74) is 0. The van der Waals surface area contributed by atoms with Crippen LogP contribution in [0.15, 0.2) is 21.5 Å². The summed E-state index contributed by atoms with van der Waals surface area (Å²) < 4.78 is 5.88. The van der Waals surface area contributed by atoms with E-state index in [0.29, 0.717) is 0 Å². The van der Waals surface area contributed by atoms with Gasteiger partial charge in [0, 0.05) is 25.9 Å². The van der Waals surface area contributed by atoms with Gasteiger partial charge in [-0.25, -0.2) is 0 Å². The summed E-state index contributed by atoms with van der Waals surface area (Å²) in [6.07, 6.45) is 4.66. The average molecular weight is 452 g/mol. The van der Waals surface area contributed by atoms with Gasteiger partial charge in [0.15, 0.2) is 5.96 Å². The first-order valence-electron chi connectivity index (χ1n) is 7.98. The number of nitrogens with one attached hydrogen (secondary N) is 2. The third kappa shape index (κ3) is 6.54. The Hall–Kier alpha value is -0.410. The van der Waals surface area contributed by atoms with E-state index in [-0.39, 0.29) is 30.0 Å². The van der Waals surface area contributed by atoms with Gasteiger partial charge in [0.25, 0.3) is 0 Å². The number of likely N-dealkylation sites (tertiary alicyclic amines) is 1. The molecule has 1 aliphatic heterocycles. The van der Waals surface area contributed by atoms with Crippen molar-refractivity contribution in [3.63, 3.8) is 0 Å². The molecule has 0 saturated carbocycles. The lowest BCUT2D eigenvalue weighted by Crippen LogP contribution is -2.43. The zero-order valence-electron chi connectivity index (χ0n) is 14.3. The molecular weight excluding hydrogens is 423 g/mol. The SMILES string of the molecule is CN=C(NCCSC)NCC(c1ccc(C)o1)N1CCCC1.I. The molecule has 2 heterocycles. The van der Waals surface area contributed by atoms with Crippen LogP contribution in [-0.2, 0) is 0 Å². The Bertz CT molecular complexity index is 474. The van der Waals surface area contributed by atoms with Gasteiger partial charge in [-0.05, 0) is 51.2 Å². The lowest BCUT2D eigenvalue weighted by atomic mass is 10.2. The molecule has 1 aromatic rings. The molecule has 0 aliphatic carbocycles. The highest BCUT2D eigenvalue weighted by Gasteiger charge is 2.26. The summed E-state index contributed by atoms with van der Waals surface area (Å²) in [5.74, 6) is 3.96. The molecule has 5 nitrogen and oxygen atoms in total. The third-order valence-electron chi connectivity index (χ3n) is 3.96. The van der Waals surface area contributed by atoms with Crippen LogP contribution in [0.25, 0.3) is 0 Å². The normalized spacial score (nSPS) is 16.9. The van der Waals surface area contributed by atoms with Crippen molar-refractivity contribution in [3.05, 3.63) is 23.7 Å². The van der Waals surface area contributed by atoms with Crippen LogP contribution in [0, 0.1) is 6.92 Å². The first-order chi connectivity index (χ1) is 10.7. The maximum absolute atomic E-state index is 5.88. The van der Waals surface area contributed by atoms with Gasteiger partial charge >= 0.3 is 0 Å². The van der Waals surface area contributed by atoms with Gasteiger partial charge in [-0.2, -0.15) is 11.8 Å². The number of hydrogen-bond donors (Lipinski definition) is 2. The number of hydrogen-bond acceptors (Lipinski definition) is 4. The lowest BCUT2D eigenvalue weighted by Gasteiger charge is -2.26. The van der Waals surface area contributed by atoms with E-state index in [1.807, 2.05) is 31.8 Å². The van der Waals surface area contributed by atoms with Crippen LogP contribution >= 0.6 is 35.7 Å². The quantitative estimate of drug-likeness (QED) is 0.289. The highest BCUT2D eigenvalue weighted by molar-refractivity contribution is 14.0. The number of thioether (sulfide) groups is 1. The molecule has 23 heavy (non-hydrogen) atoms. The molecule has 1 saturated heterocycles. The van der Waals surface area contributed by atoms with Crippen LogP contribution in [0.5, 0.6) is 0 Å². The molecule has 1 aromatic heterocycles. The van der Waals surface area contributed by atoms with Crippen molar-refractivity contribution < 1.29 is 4.42 Å². The Kier molecular flexibility index (Phi) is 10.0. The van der Waals surface area contributed by atoms with Crippen molar-refractivity contribution in [2.45, 2.75) is 25.8 Å². The summed E-state index contributed by atoms with van der Waals surface area (Å²) in [6.45, 7) is 6.02. The average Bonchev–Trinajstić information content (AvgIpc) is 3.18. The number of guanidine groups is 1. The minimum Gasteiger partial charge on any atom is -0.465 e. The smallest absolute Gasteiger partial charge is 0.191 e. The molecule has 0 bridgehead atoms.